The minimum absolute atomic E-state index is 0.0891. The predicted octanol–water partition coefficient (Wildman–Crippen LogP) is 0.644. The minimum Gasteiger partial charge on any atom is -0.371 e. The Balaban J connectivity index is 2.13. The van der Waals surface area contributed by atoms with E-state index in [0.29, 0.717) is 5.56 Å². The Morgan fingerprint density at radius 1 is 1.46 bits per heavy atom. The van der Waals surface area contributed by atoms with Crippen LogP contribution in [-0.2, 0) is 16.1 Å². The third-order valence-electron chi connectivity index (χ3n) is 3.92. The number of nitrogens with one attached hydrogen (secondary N) is 2. The summed E-state index contributed by atoms with van der Waals surface area (Å²) in [5.41, 5.74) is -1.98. The van der Waals surface area contributed by atoms with E-state index in [1.54, 1.807) is 0 Å². The SMILES string of the molecule is CNC(=O)N1CC(C)C(O)(C(=O)NCc2cc(F)cc(Cl)c2)C1=O. The zero-order valence-corrected chi connectivity index (χ0v) is 13.9. The largest absolute Gasteiger partial charge is 0.371 e. The molecule has 2 atom stereocenters. The summed E-state index contributed by atoms with van der Waals surface area (Å²) in [6.07, 6.45) is 0. The fourth-order valence-electron chi connectivity index (χ4n) is 2.57. The fraction of sp³-hybridized carbons (Fsp3) is 0.400. The molecular weight excluding hydrogens is 341 g/mol. The maximum Gasteiger partial charge on any atom is 0.323 e. The molecule has 0 aromatic heterocycles. The summed E-state index contributed by atoms with van der Waals surface area (Å²) >= 11 is 5.73. The summed E-state index contributed by atoms with van der Waals surface area (Å²) in [4.78, 5) is 37.0. The van der Waals surface area contributed by atoms with Crippen LogP contribution in [0.15, 0.2) is 18.2 Å². The van der Waals surface area contributed by atoms with E-state index in [2.05, 4.69) is 10.6 Å². The number of benzene rings is 1. The monoisotopic (exact) mass is 357 g/mol. The van der Waals surface area contributed by atoms with Crippen molar-refractivity contribution < 1.29 is 23.9 Å². The van der Waals surface area contributed by atoms with Crippen molar-refractivity contribution in [2.24, 2.45) is 5.92 Å². The van der Waals surface area contributed by atoms with Gasteiger partial charge in [-0.1, -0.05) is 18.5 Å². The molecule has 7 nitrogen and oxygen atoms in total. The van der Waals surface area contributed by atoms with Crippen molar-refractivity contribution in [1.82, 2.24) is 15.5 Å². The summed E-state index contributed by atoms with van der Waals surface area (Å²) < 4.78 is 13.3. The summed E-state index contributed by atoms with van der Waals surface area (Å²) in [6, 6.07) is 3.04. The summed E-state index contributed by atoms with van der Waals surface area (Å²) in [5, 5.41) is 15.3. The molecule has 9 heteroatoms. The van der Waals surface area contributed by atoms with Crippen molar-refractivity contribution in [2.45, 2.75) is 19.1 Å². The first-order chi connectivity index (χ1) is 11.2. The molecule has 0 saturated carbocycles. The van der Waals surface area contributed by atoms with E-state index < -0.39 is 35.2 Å². The highest BCUT2D eigenvalue weighted by Gasteiger charge is 2.57. The summed E-state index contributed by atoms with van der Waals surface area (Å²) in [6.45, 7) is 1.27. The quantitative estimate of drug-likeness (QED) is 0.691. The van der Waals surface area contributed by atoms with E-state index in [1.807, 2.05) is 0 Å². The molecule has 1 fully saturated rings. The number of aliphatic hydroxyl groups is 1. The van der Waals surface area contributed by atoms with Crippen molar-refractivity contribution >= 4 is 29.4 Å². The van der Waals surface area contributed by atoms with E-state index in [9.17, 15) is 23.9 Å². The van der Waals surface area contributed by atoms with Crippen LogP contribution in [0.5, 0.6) is 0 Å². The van der Waals surface area contributed by atoms with Gasteiger partial charge in [0.15, 0.2) is 0 Å². The molecule has 1 heterocycles. The van der Waals surface area contributed by atoms with Gasteiger partial charge in [0, 0.05) is 31.1 Å². The lowest BCUT2D eigenvalue weighted by molar-refractivity contribution is -0.156. The highest BCUT2D eigenvalue weighted by molar-refractivity contribution is 6.30. The van der Waals surface area contributed by atoms with Crippen molar-refractivity contribution in [2.75, 3.05) is 13.6 Å². The van der Waals surface area contributed by atoms with Gasteiger partial charge in [-0.2, -0.15) is 0 Å². The summed E-state index contributed by atoms with van der Waals surface area (Å²) in [5.74, 6) is -3.31. The maximum absolute atomic E-state index is 13.3. The Hall–Kier alpha value is -2.19. The van der Waals surface area contributed by atoms with E-state index in [1.165, 1.54) is 26.1 Å². The number of urea groups is 1. The third kappa shape index (κ3) is 3.20. The molecule has 0 bridgehead atoms. The van der Waals surface area contributed by atoms with E-state index >= 15 is 0 Å². The number of halogens is 2. The first kappa shape index (κ1) is 18.2. The second-order valence-corrected chi connectivity index (χ2v) is 6.04. The van der Waals surface area contributed by atoms with Gasteiger partial charge in [-0.15, -0.1) is 0 Å². The topological polar surface area (TPSA) is 98.7 Å². The molecule has 3 N–H and O–H groups in total. The number of hydrogen-bond acceptors (Lipinski definition) is 4. The normalized spacial score (nSPS) is 23.3. The van der Waals surface area contributed by atoms with Crippen molar-refractivity contribution in [3.05, 3.63) is 34.6 Å². The Morgan fingerprint density at radius 3 is 2.71 bits per heavy atom. The number of nitrogens with zero attached hydrogens (tertiary/aromatic N) is 1. The lowest BCUT2D eigenvalue weighted by Gasteiger charge is -2.23. The van der Waals surface area contributed by atoms with Crippen LogP contribution in [0.1, 0.15) is 12.5 Å². The molecule has 1 aliphatic rings. The van der Waals surface area contributed by atoms with Crippen LogP contribution >= 0.6 is 11.6 Å². The van der Waals surface area contributed by atoms with Crippen LogP contribution in [-0.4, -0.2) is 47.0 Å². The van der Waals surface area contributed by atoms with Crippen LogP contribution in [0.4, 0.5) is 9.18 Å². The van der Waals surface area contributed by atoms with Gasteiger partial charge in [0.25, 0.3) is 11.8 Å². The molecule has 0 radical (unpaired) electrons. The molecule has 0 aliphatic carbocycles. The molecule has 4 amide bonds. The van der Waals surface area contributed by atoms with Gasteiger partial charge in [0.05, 0.1) is 0 Å². The molecule has 1 aromatic carbocycles. The molecule has 2 unspecified atom stereocenters. The molecule has 130 valence electrons. The number of rotatable bonds is 3. The molecule has 2 rings (SSSR count). The van der Waals surface area contributed by atoms with Gasteiger partial charge in [-0.25, -0.2) is 9.18 Å². The Kier molecular flexibility index (Phi) is 5.10. The molecule has 1 aliphatic heterocycles. The lowest BCUT2D eigenvalue weighted by Crippen LogP contribution is -2.56. The van der Waals surface area contributed by atoms with E-state index in [0.717, 1.165) is 11.0 Å². The van der Waals surface area contributed by atoms with Crippen molar-refractivity contribution in [3.63, 3.8) is 0 Å². The zero-order chi connectivity index (χ0) is 18.1. The van der Waals surface area contributed by atoms with Gasteiger partial charge in [-0.05, 0) is 23.8 Å². The van der Waals surface area contributed by atoms with Crippen LogP contribution in [0.2, 0.25) is 5.02 Å². The van der Waals surface area contributed by atoms with Gasteiger partial charge in [-0.3, -0.25) is 14.5 Å². The number of carbonyl (C=O) groups is 3. The lowest BCUT2D eigenvalue weighted by atomic mass is 9.91. The highest BCUT2D eigenvalue weighted by Crippen LogP contribution is 2.29. The molecular formula is C15H17ClFN3O4. The second-order valence-electron chi connectivity index (χ2n) is 5.60. The first-order valence-electron chi connectivity index (χ1n) is 7.19. The first-order valence-corrected chi connectivity index (χ1v) is 7.57. The predicted molar refractivity (Wildman–Crippen MR) is 83.5 cm³/mol. The minimum atomic E-state index is -2.36. The average Bonchev–Trinajstić information content (AvgIpc) is 2.76. The Morgan fingerprint density at radius 2 is 2.12 bits per heavy atom. The number of imide groups is 1. The van der Waals surface area contributed by atoms with Crippen LogP contribution in [0, 0.1) is 11.7 Å². The van der Waals surface area contributed by atoms with Crippen molar-refractivity contribution in [3.8, 4) is 0 Å². The Bertz CT molecular complexity index is 679. The van der Waals surface area contributed by atoms with E-state index in [4.69, 9.17) is 11.6 Å². The Labute approximate surface area is 142 Å². The van der Waals surface area contributed by atoms with Gasteiger partial charge < -0.3 is 15.7 Å². The van der Waals surface area contributed by atoms with Gasteiger partial charge in [0.1, 0.15) is 5.82 Å². The smallest absolute Gasteiger partial charge is 0.323 e. The second kappa shape index (κ2) is 6.74. The maximum atomic E-state index is 13.3. The number of hydrogen-bond donors (Lipinski definition) is 3. The third-order valence-corrected chi connectivity index (χ3v) is 4.14. The van der Waals surface area contributed by atoms with Crippen molar-refractivity contribution in [1.29, 1.82) is 0 Å². The number of carbonyl (C=O) groups excluding carboxylic acids is 3. The van der Waals surface area contributed by atoms with E-state index in [-0.39, 0.29) is 18.1 Å². The zero-order valence-electron chi connectivity index (χ0n) is 13.1. The highest BCUT2D eigenvalue weighted by atomic mass is 35.5. The molecule has 0 spiro atoms. The van der Waals surface area contributed by atoms with Crippen LogP contribution < -0.4 is 10.6 Å². The fourth-order valence-corrected chi connectivity index (χ4v) is 2.81. The molecule has 1 aromatic rings. The average molecular weight is 358 g/mol. The van der Waals surface area contributed by atoms with Gasteiger partial charge >= 0.3 is 6.03 Å². The standard InChI is InChI=1S/C15H17ClFN3O4/c1-8-7-20(14(23)18-2)13(22)15(8,24)12(21)19-6-9-3-10(16)5-11(17)4-9/h3-5,8,24H,6-7H2,1-2H3,(H,18,23)(H,19,21). The van der Waals surface area contributed by atoms with Gasteiger partial charge in [0.2, 0.25) is 5.60 Å². The molecule has 24 heavy (non-hydrogen) atoms. The number of amides is 4. The van der Waals surface area contributed by atoms with Crippen LogP contribution in [0.25, 0.3) is 0 Å². The number of likely N-dealkylation sites (tertiary alicyclic amines) is 1. The molecule has 1 saturated heterocycles. The van der Waals surface area contributed by atoms with Crippen LogP contribution in [0.3, 0.4) is 0 Å². The summed E-state index contributed by atoms with van der Waals surface area (Å²) in [7, 11) is 1.34.